The Morgan fingerprint density at radius 1 is 1.21 bits per heavy atom. The van der Waals surface area contributed by atoms with Gasteiger partial charge in [-0.05, 0) is 55.2 Å². The van der Waals surface area contributed by atoms with E-state index in [9.17, 15) is 13.2 Å². The summed E-state index contributed by atoms with van der Waals surface area (Å²) >= 11 is 0. The number of sulfone groups is 1. The molecule has 2 aliphatic rings. The summed E-state index contributed by atoms with van der Waals surface area (Å²) < 4.78 is 33.9. The number of nitrogens with zero attached hydrogens (tertiary/aromatic N) is 3. The molecule has 0 spiro atoms. The standard InChI is InChI=1S/C26H37N3O4S/c1-19(2)15-29-23(17-28(16-20-11-12-20)25(30)22-8-4-5-9-22)14-27-26(29)34(31,32)18-21-7-6-10-24(13-21)33-3/h6-7,10,13-14,19-20,22H,4-5,8-9,11-12,15-18H2,1-3H3. The second-order valence-corrected chi connectivity index (χ2v) is 12.2. The maximum Gasteiger partial charge on any atom is 0.228 e. The van der Waals surface area contributed by atoms with E-state index < -0.39 is 9.84 Å². The smallest absolute Gasteiger partial charge is 0.228 e. The van der Waals surface area contributed by atoms with Crippen LogP contribution in [0.15, 0.2) is 35.6 Å². The van der Waals surface area contributed by atoms with Crippen molar-refractivity contribution in [1.29, 1.82) is 0 Å². The van der Waals surface area contributed by atoms with Crippen molar-refractivity contribution in [1.82, 2.24) is 14.5 Å². The number of carbonyl (C=O) groups excluding carboxylic acids is 1. The van der Waals surface area contributed by atoms with Crippen molar-refractivity contribution in [3.8, 4) is 5.75 Å². The number of methoxy groups -OCH3 is 1. The highest BCUT2D eigenvalue weighted by molar-refractivity contribution is 7.90. The minimum atomic E-state index is -3.68. The summed E-state index contributed by atoms with van der Waals surface area (Å²) in [6, 6.07) is 7.12. The molecular weight excluding hydrogens is 450 g/mol. The van der Waals surface area contributed by atoms with E-state index in [2.05, 4.69) is 18.8 Å². The Morgan fingerprint density at radius 2 is 1.94 bits per heavy atom. The van der Waals surface area contributed by atoms with Gasteiger partial charge >= 0.3 is 0 Å². The van der Waals surface area contributed by atoms with Gasteiger partial charge in [0.05, 0.1) is 31.3 Å². The van der Waals surface area contributed by atoms with Gasteiger partial charge in [0.2, 0.25) is 20.9 Å². The van der Waals surface area contributed by atoms with Crippen molar-refractivity contribution in [3.05, 3.63) is 41.7 Å². The van der Waals surface area contributed by atoms with Gasteiger partial charge < -0.3 is 14.2 Å². The monoisotopic (exact) mass is 487 g/mol. The molecule has 0 atom stereocenters. The molecule has 2 aliphatic carbocycles. The second-order valence-electron chi connectivity index (χ2n) is 10.3. The SMILES string of the molecule is COc1cccc(CS(=O)(=O)c2ncc(CN(CC3CC3)C(=O)C3CCCC3)n2CC(C)C)c1. The number of ether oxygens (including phenoxy) is 1. The third-order valence-corrected chi connectivity index (χ3v) is 8.36. The predicted molar refractivity (Wildman–Crippen MR) is 131 cm³/mol. The zero-order chi connectivity index (χ0) is 24.3. The predicted octanol–water partition coefficient (Wildman–Crippen LogP) is 4.45. The molecule has 0 aliphatic heterocycles. The van der Waals surface area contributed by atoms with Crippen molar-refractivity contribution < 1.29 is 17.9 Å². The second kappa shape index (κ2) is 10.5. The summed E-state index contributed by atoms with van der Waals surface area (Å²) in [5.74, 6) is 1.62. The Labute approximate surface area is 203 Å². The molecule has 0 bridgehead atoms. The lowest BCUT2D eigenvalue weighted by Gasteiger charge is -2.26. The van der Waals surface area contributed by atoms with Gasteiger partial charge in [-0.25, -0.2) is 13.4 Å². The van der Waals surface area contributed by atoms with Gasteiger partial charge in [-0.15, -0.1) is 0 Å². The molecule has 1 heterocycles. The van der Waals surface area contributed by atoms with Crippen LogP contribution in [-0.4, -0.2) is 42.4 Å². The molecule has 0 unspecified atom stereocenters. The normalized spacial score (nSPS) is 16.8. The lowest BCUT2D eigenvalue weighted by atomic mass is 10.1. The number of hydrogen-bond donors (Lipinski definition) is 0. The summed E-state index contributed by atoms with van der Waals surface area (Å²) in [5, 5.41) is 0.0821. The molecule has 7 nitrogen and oxygen atoms in total. The quantitative estimate of drug-likeness (QED) is 0.468. The van der Waals surface area contributed by atoms with Crippen molar-refractivity contribution in [2.24, 2.45) is 17.8 Å². The van der Waals surface area contributed by atoms with E-state index in [1.54, 1.807) is 37.6 Å². The van der Waals surface area contributed by atoms with Crippen LogP contribution in [0, 0.1) is 17.8 Å². The summed E-state index contributed by atoms with van der Waals surface area (Å²) in [5.41, 5.74) is 1.46. The van der Waals surface area contributed by atoms with E-state index in [-0.39, 0.29) is 28.7 Å². The lowest BCUT2D eigenvalue weighted by Crippen LogP contribution is -2.37. The van der Waals surface area contributed by atoms with Crippen LogP contribution < -0.4 is 4.74 Å². The van der Waals surface area contributed by atoms with Gasteiger partial charge in [0.1, 0.15) is 5.75 Å². The van der Waals surface area contributed by atoms with Crippen molar-refractivity contribution >= 4 is 15.7 Å². The number of rotatable bonds is 11. The molecular formula is C26H37N3O4S. The van der Waals surface area contributed by atoms with E-state index >= 15 is 0 Å². The van der Waals surface area contributed by atoms with E-state index in [1.165, 1.54) is 12.8 Å². The van der Waals surface area contributed by atoms with Crippen LogP contribution in [0.3, 0.4) is 0 Å². The summed E-state index contributed by atoms with van der Waals surface area (Å²) in [7, 11) is -2.12. The number of hydrogen-bond acceptors (Lipinski definition) is 5. The number of imidazole rings is 1. The van der Waals surface area contributed by atoms with Crippen molar-refractivity contribution in [2.45, 2.75) is 76.4 Å². The third-order valence-electron chi connectivity index (χ3n) is 6.76. The zero-order valence-electron chi connectivity index (χ0n) is 20.6. The highest BCUT2D eigenvalue weighted by Crippen LogP contribution is 2.33. The average Bonchev–Trinajstić information content (AvgIpc) is 3.27. The minimum Gasteiger partial charge on any atom is -0.497 e. The van der Waals surface area contributed by atoms with Gasteiger partial charge in [0.25, 0.3) is 0 Å². The van der Waals surface area contributed by atoms with E-state index in [1.807, 2.05) is 9.47 Å². The maximum absolute atomic E-state index is 13.4. The van der Waals surface area contributed by atoms with Crippen LogP contribution in [-0.2, 0) is 33.5 Å². The van der Waals surface area contributed by atoms with E-state index in [0.717, 1.165) is 37.9 Å². The zero-order valence-corrected chi connectivity index (χ0v) is 21.4. The number of carbonyl (C=O) groups is 1. The molecule has 1 aromatic heterocycles. The minimum absolute atomic E-state index is 0.0821. The fourth-order valence-electron chi connectivity index (χ4n) is 4.84. The Kier molecular flexibility index (Phi) is 7.65. The van der Waals surface area contributed by atoms with Crippen molar-refractivity contribution in [2.75, 3.05) is 13.7 Å². The van der Waals surface area contributed by atoms with E-state index in [4.69, 9.17) is 4.74 Å². The Hall–Kier alpha value is -2.35. The molecule has 0 saturated heterocycles. The van der Waals surface area contributed by atoms with Crippen molar-refractivity contribution in [3.63, 3.8) is 0 Å². The van der Waals surface area contributed by atoms with Crippen LogP contribution in [0.4, 0.5) is 0 Å². The van der Waals surface area contributed by atoms with Crippen LogP contribution >= 0.6 is 0 Å². The largest absolute Gasteiger partial charge is 0.497 e. The molecule has 2 fully saturated rings. The van der Waals surface area contributed by atoms with E-state index in [0.29, 0.717) is 30.3 Å². The molecule has 186 valence electrons. The molecule has 1 aromatic carbocycles. The van der Waals surface area contributed by atoms with Gasteiger partial charge in [-0.1, -0.05) is 38.8 Å². The van der Waals surface area contributed by atoms with Crippen LogP contribution in [0.5, 0.6) is 5.75 Å². The molecule has 0 N–H and O–H groups in total. The molecule has 2 saturated carbocycles. The average molecular weight is 488 g/mol. The molecule has 0 radical (unpaired) electrons. The van der Waals surface area contributed by atoms with Crippen LogP contribution in [0.2, 0.25) is 0 Å². The highest BCUT2D eigenvalue weighted by atomic mass is 32.2. The summed E-state index contributed by atoms with van der Waals surface area (Å²) in [4.78, 5) is 19.7. The third kappa shape index (κ3) is 6.01. The van der Waals surface area contributed by atoms with Crippen LogP contribution in [0.25, 0.3) is 0 Å². The fraction of sp³-hybridized carbons (Fsp3) is 0.615. The van der Waals surface area contributed by atoms with Gasteiger partial charge in [0.15, 0.2) is 0 Å². The maximum atomic E-state index is 13.4. The van der Waals surface area contributed by atoms with Gasteiger partial charge in [-0.2, -0.15) is 0 Å². The van der Waals surface area contributed by atoms with Crippen LogP contribution in [0.1, 0.15) is 63.6 Å². The Morgan fingerprint density at radius 3 is 2.59 bits per heavy atom. The first-order valence-electron chi connectivity index (χ1n) is 12.5. The number of benzene rings is 1. The van der Waals surface area contributed by atoms with Gasteiger partial charge in [-0.3, -0.25) is 4.79 Å². The lowest BCUT2D eigenvalue weighted by molar-refractivity contribution is -0.136. The molecule has 2 aromatic rings. The summed E-state index contributed by atoms with van der Waals surface area (Å²) in [6.45, 7) is 5.84. The molecule has 4 rings (SSSR count). The first kappa shape index (κ1) is 24.8. The Balaban J connectivity index is 1.61. The Bertz CT molecular complexity index is 1100. The first-order chi connectivity index (χ1) is 16.3. The topological polar surface area (TPSA) is 81.5 Å². The molecule has 1 amide bonds. The number of aromatic nitrogens is 2. The summed E-state index contributed by atoms with van der Waals surface area (Å²) in [6.07, 6.45) is 8.15. The molecule has 34 heavy (non-hydrogen) atoms. The highest BCUT2D eigenvalue weighted by Gasteiger charge is 2.33. The first-order valence-corrected chi connectivity index (χ1v) is 14.1. The number of amides is 1. The van der Waals surface area contributed by atoms with Gasteiger partial charge in [0, 0.05) is 19.0 Å². The fourth-order valence-corrected chi connectivity index (χ4v) is 6.33. The molecule has 8 heteroatoms.